The molecule has 94 valence electrons. The van der Waals surface area contributed by atoms with Gasteiger partial charge in [-0.2, -0.15) is 5.26 Å². The first kappa shape index (κ1) is 13.6. The fraction of sp³-hybridized carbons (Fsp3) is 0.333. The van der Waals surface area contributed by atoms with Gasteiger partial charge >= 0.3 is 5.97 Å². The van der Waals surface area contributed by atoms with Crippen LogP contribution in [-0.2, 0) is 11.2 Å². The van der Waals surface area contributed by atoms with E-state index in [0.29, 0.717) is 12.0 Å². The van der Waals surface area contributed by atoms with Gasteiger partial charge in [0.2, 0.25) is 0 Å². The minimum Gasteiger partial charge on any atom is -0.462 e. The van der Waals surface area contributed by atoms with Crippen LogP contribution in [0.4, 0.5) is 5.69 Å². The number of nitrogens with zero attached hydrogens (tertiary/aromatic N) is 2. The SMILES string of the molecule is CCOC(=O)c1cc([N+](=O)[O-])cc(C#N)c1CC. The van der Waals surface area contributed by atoms with Gasteiger partial charge in [-0.25, -0.2) is 4.79 Å². The number of ether oxygens (including phenoxy) is 1. The zero-order valence-corrected chi connectivity index (χ0v) is 10.1. The number of hydrogen-bond donors (Lipinski definition) is 0. The van der Waals surface area contributed by atoms with E-state index in [0.717, 1.165) is 6.07 Å². The Bertz CT molecular complexity index is 532. The predicted molar refractivity (Wildman–Crippen MR) is 63.1 cm³/mol. The molecule has 0 atom stereocenters. The molecule has 0 N–H and O–H groups in total. The van der Waals surface area contributed by atoms with Gasteiger partial charge in [0.05, 0.1) is 28.7 Å². The van der Waals surface area contributed by atoms with Crippen LogP contribution < -0.4 is 0 Å². The molecule has 0 aliphatic carbocycles. The second-order valence-electron chi connectivity index (χ2n) is 3.46. The molecule has 0 radical (unpaired) electrons. The molecule has 1 aromatic carbocycles. The summed E-state index contributed by atoms with van der Waals surface area (Å²) in [6, 6.07) is 4.19. The molecule has 0 aliphatic heterocycles. The van der Waals surface area contributed by atoms with E-state index in [2.05, 4.69) is 0 Å². The summed E-state index contributed by atoms with van der Waals surface area (Å²) in [6.07, 6.45) is 0.426. The lowest BCUT2D eigenvalue weighted by Crippen LogP contribution is -2.10. The number of nitro groups is 1. The summed E-state index contributed by atoms with van der Waals surface area (Å²) in [7, 11) is 0. The molecule has 0 spiro atoms. The van der Waals surface area contributed by atoms with Crippen molar-refractivity contribution in [2.45, 2.75) is 20.3 Å². The molecule has 6 nitrogen and oxygen atoms in total. The average Bonchev–Trinajstić information content (AvgIpc) is 2.37. The highest BCUT2D eigenvalue weighted by molar-refractivity contribution is 5.92. The lowest BCUT2D eigenvalue weighted by molar-refractivity contribution is -0.384. The van der Waals surface area contributed by atoms with Crippen LogP contribution in [0, 0.1) is 21.4 Å². The molecule has 0 aromatic heterocycles. The van der Waals surface area contributed by atoms with E-state index >= 15 is 0 Å². The van der Waals surface area contributed by atoms with Crippen molar-refractivity contribution >= 4 is 11.7 Å². The van der Waals surface area contributed by atoms with Crippen LogP contribution >= 0.6 is 0 Å². The van der Waals surface area contributed by atoms with E-state index in [4.69, 9.17) is 10.00 Å². The molecule has 0 bridgehead atoms. The molecule has 0 heterocycles. The van der Waals surface area contributed by atoms with Crippen LogP contribution in [0.25, 0.3) is 0 Å². The van der Waals surface area contributed by atoms with E-state index in [-0.39, 0.29) is 23.4 Å². The Balaban J connectivity index is 3.46. The number of nitro benzene ring substituents is 1. The topological polar surface area (TPSA) is 93.2 Å². The molecular formula is C12H12N2O4. The largest absolute Gasteiger partial charge is 0.462 e. The molecule has 0 saturated carbocycles. The minimum atomic E-state index is -0.644. The fourth-order valence-electron chi connectivity index (χ4n) is 1.63. The summed E-state index contributed by atoms with van der Waals surface area (Å²) in [5.41, 5.74) is 0.410. The van der Waals surface area contributed by atoms with Gasteiger partial charge in [-0.15, -0.1) is 0 Å². The maximum Gasteiger partial charge on any atom is 0.338 e. The highest BCUT2D eigenvalue weighted by Crippen LogP contribution is 2.23. The highest BCUT2D eigenvalue weighted by Gasteiger charge is 2.20. The Morgan fingerprint density at radius 1 is 1.50 bits per heavy atom. The Morgan fingerprint density at radius 2 is 2.17 bits per heavy atom. The van der Waals surface area contributed by atoms with Gasteiger partial charge < -0.3 is 4.74 Å². The zero-order valence-electron chi connectivity index (χ0n) is 10.1. The van der Waals surface area contributed by atoms with E-state index in [1.165, 1.54) is 6.07 Å². The van der Waals surface area contributed by atoms with Gasteiger partial charge in [-0.05, 0) is 18.9 Å². The molecule has 1 aromatic rings. The predicted octanol–water partition coefficient (Wildman–Crippen LogP) is 2.21. The Morgan fingerprint density at radius 3 is 2.61 bits per heavy atom. The molecule has 18 heavy (non-hydrogen) atoms. The number of hydrogen-bond acceptors (Lipinski definition) is 5. The quantitative estimate of drug-likeness (QED) is 0.462. The maximum absolute atomic E-state index is 11.7. The summed E-state index contributed by atoms with van der Waals surface area (Å²) in [5, 5.41) is 19.7. The monoisotopic (exact) mass is 248 g/mol. The van der Waals surface area contributed by atoms with Crippen LogP contribution in [0.1, 0.15) is 35.3 Å². The number of non-ortho nitro benzene ring substituents is 1. The van der Waals surface area contributed by atoms with Gasteiger partial charge in [0.15, 0.2) is 0 Å². The molecule has 1 rings (SSSR count). The van der Waals surface area contributed by atoms with Gasteiger partial charge in [0.1, 0.15) is 0 Å². The van der Waals surface area contributed by atoms with E-state index in [9.17, 15) is 14.9 Å². The van der Waals surface area contributed by atoms with Gasteiger partial charge in [-0.3, -0.25) is 10.1 Å². The lowest BCUT2D eigenvalue weighted by atomic mass is 9.98. The number of nitriles is 1. The van der Waals surface area contributed by atoms with Crippen molar-refractivity contribution in [3.05, 3.63) is 38.9 Å². The van der Waals surface area contributed by atoms with E-state index in [1.807, 2.05) is 6.07 Å². The maximum atomic E-state index is 11.7. The van der Waals surface area contributed by atoms with Gasteiger partial charge in [0.25, 0.3) is 5.69 Å². The average molecular weight is 248 g/mol. The number of carbonyl (C=O) groups excluding carboxylic acids is 1. The van der Waals surface area contributed by atoms with Crippen molar-refractivity contribution in [3.63, 3.8) is 0 Å². The van der Waals surface area contributed by atoms with Crippen LogP contribution in [-0.4, -0.2) is 17.5 Å². The van der Waals surface area contributed by atoms with Crippen molar-refractivity contribution in [1.29, 1.82) is 5.26 Å². The lowest BCUT2D eigenvalue weighted by Gasteiger charge is -2.08. The minimum absolute atomic E-state index is 0.0881. The molecular weight excluding hydrogens is 236 g/mol. The van der Waals surface area contributed by atoms with Crippen LogP contribution in [0.15, 0.2) is 12.1 Å². The molecule has 0 saturated heterocycles. The smallest absolute Gasteiger partial charge is 0.338 e. The molecule has 0 unspecified atom stereocenters. The zero-order chi connectivity index (χ0) is 13.7. The summed E-state index contributed by atoms with van der Waals surface area (Å²) in [5.74, 6) is -0.644. The summed E-state index contributed by atoms with van der Waals surface area (Å²) in [6.45, 7) is 3.59. The normalized spacial score (nSPS) is 9.61. The number of esters is 1. The first-order chi connectivity index (χ1) is 8.54. The Labute approximate surface area is 104 Å². The van der Waals surface area contributed by atoms with Crippen molar-refractivity contribution in [2.75, 3.05) is 6.61 Å². The van der Waals surface area contributed by atoms with E-state index < -0.39 is 10.9 Å². The van der Waals surface area contributed by atoms with Crippen molar-refractivity contribution < 1.29 is 14.5 Å². The summed E-state index contributed by atoms with van der Waals surface area (Å²) < 4.78 is 4.83. The van der Waals surface area contributed by atoms with Crippen LogP contribution in [0.5, 0.6) is 0 Å². The standard InChI is InChI=1S/C12H12N2O4/c1-3-10-8(7-13)5-9(14(16)17)6-11(10)12(15)18-4-2/h5-6H,3-4H2,1-2H3. The van der Waals surface area contributed by atoms with Crippen LogP contribution in [0.2, 0.25) is 0 Å². The molecule has 0 amide bonds. The fourth-order valence-corrected chi connectivity index (χ4v) is 1.63. The second kappa shape index (κ2) is 5.77. The van der Waals surface area contributed by atoms with Gasteiger partial charge in [-0.1, -0.05) is 6.92 Å². The number of carbonyl (C=O) groups is 1. The Kier molecular flexibility index (Phi) is 4.38. The van der Waals surface area contributed by atoms with Gasteiger partial charge in [0, 0.05) is 12.1 Å². The summed E-state index contributed by atoms with van der Waals surface area (Å²) >= 11 is 0. The third-order valence-electron chi connectivity index (χ3n) is 2.41. The third-order valence-corrected chi connectivity index (χ3v) is 2.41. The first-order valence-electron chi connectivity index (χ1n) is 5.43. The van der Waals surface area contributed by atoms with Crippen molar-refractivity contribution in [1.82, 2.24) is 0 Å². The summed E-state index contributed by atoms with van der Waals surface area (Å²) in [4.78, 5) is 21.8. The van der Waals surface area contributed by atoms with Crippen molar-refractivity contribution in [3.8, 4) is 6.07 Å². The molecule has 0 aliphatic rings. The number of rotatable bonds is 4. The van der Waals surface area contributed by atoms with E-state index in [1.54, 1.807) is 13.8 Å². The van der Waals surface area contributed by atoms with Crippen LogP contribution in [0.3, 0.4) is 0 Å². The first-order valence-corrected chi connectivity index (χ1v) is 5.43. The van der Waals surface area contributed by atoms with Crippen molar-refractivity contribution in [2.24, 2.45) is 0 Å². The third kappa shape index (κ3) is 2.63. The number of benzene rings is 1. The highest BCUT2D eigenvalue weighted by atomic mass is 16.6. The second-order valence-corrected chi connectivity index (χ2v) is 3.46. The Hall–Kier alpha value is -2.42. The molecule has 0 fully saturated rings. The molecule has 6 heteroatoms.